The van der Waals surface area contributed by atoms with Crippen LogP contribution >= 0.6 is 0 Å². The third-order valence-corrected chi connectivity index (χ3v) is 3.38. The number of benzene rings is 2. The van der Waals surface area contributed by atoms with Crippen LogP contribution in [-0.4, -0.2) is 24.7 Å². The van der Waals surface area contributed by atoms with E-state index in [4.69, 9.17) is 9.47 Å². The number of methoxy groups -OCH3 is 1. The van der Waals surface area contributed by atoms with Crippen LogP contribution in [0.2, 0.25) is 0 Å². The molecule has 6 nitrogen and oxygen atoms in total. The molecule has 138 valence electrons. The number of ether oxygens (including phenoxy) is 2. The maximum atomic E-state index is 12.3. The van der Waals surface area contributed by atoms with Crippen LogP contribution < -0.4 is 15.4 Å². The Balaban J connectivity index is 1.95. The van der Waals surface area contributed by atoms with E-state index in [0.717, 1.165) is 11.3 Å². The molecule has 0 atom stereocenters. The van der Waals surface area contributed by atoms with E-state index in [9.17, 15) is 9.59 Å². The summed E-state index contributed by atoms with van der Waals surface area (Å²) < 4.78 is 10.3. The number of hydrogen-bond acceptors (Lipinski definition) is 4. The van der Waals surface area contributed by atoms with Crippen LogP contribution in [0.3, 0.4) is 0 Å². The Bertz CT molecular complexity index is 764. The molecule has 0 bridgehead atoms. The first kappa shape index (κ1) is 19.3. The molecule has 0 saturated heterocycles. The van der Waals surface area contributed by atoms with E-state index < -0.39 is 11.7 Å². The number of anilines is 1. The highest BCUT2D eigenvalue weighted by Crippen LogP contribution is 2.14. The molecule has 0 aliphatic heterocycles. The van der Waals surface area contributed by atoms with Gasteiger partial charge in [0.1, 0.15) is 11.4 Å². The molecule has 2 N–H and O–H groups in total. The van der Waals surface area contributed by atoms with Gasteiger partial charge in [0.25, 0.3) is 5.91 Å². The molecule has 0 aromatic heterocycles. The lowest BCUT2D eigenvalue weighted by Gasteiger charge is -2.19. The minimum absolute atomic E-state index is 0.228. The molecule has 2 amide bonds. The average Bonchev–Trinajstić information content (AvgIpc) is 2.58. The topological polar surface area (TPSA) is 76.7 Å². The van der Waals surface area contributed by atoms with Gasteiger partial charge in [-0.05, 0) is 56.7 Å². The number of amides is 2. The Labute approximate surface area is 153 Å². The van der Waals surface area contributed by atoms with E-state index in [0.29, 0.717) is 17.8 Å². The summed E-state index contributed by atoms with van der Waals surface area (Å²) in [6.07, 6.45) is -0.562. The van der Waals surface area contributed by atoms with E-state index in [1.807, 2.05) is 24.3 Å². The smallest absolute Gasteiger partial charge is 0.412 e. The SMILES string of the molecule is COc1ccc(CNC(=O)c2cccc(NC(=O)OC(C)(C)C)c2)cc1. The molecular weight excluding hydrogens is 332 g/mol. The second kappa shape index (κ2) is 8.38. The zero-order valence-corrected chi connectivity index (χ0v) is 15.5. The Kier molecular flexibility index (Phi) is 6.22. The van der Waals surface area contributed by atoms with Crippen molar-refractivity contribution in [2.24, 2.45) is 0 Å². The molecule has 0 spiro atoms. The highest BCUT2D eigenvalue weighted by Gasteiger charge is 2.16. The van der Waals surface area contributed by atoms with Crippen molar-refractivity contribution in [1.29, 1.82) is 0 Å². The lowest BCUT2D eigenvalue weighted by atomic mass is 10.1. The number of carbonyl (C=O) groups is 2. The Hall–Kier alpha value is -3.02. The second-order valence-electron chi connectivity index (χ2n) is 6.74. The Morgan fingerprint density at radius 3 is 2.35 bits per heavy atom. The van der Waals surface area contributed by atoms with Gasteiger partial charge in [0.15, 0.2) is 0 Å². The highest BCUT2D eigenvalue weighted by atomic mass is 16.6. The average molecular weight is 356 g/mol. The number of hydrogen-bond donors (Lipinski definition) is 2. The van der Waals surface area contributed by atoms with Gasteiger partial charge >= 0.3 is 6.09 Å². The summed E-state index contributed by atoms with van der Waals surface area (Å²) in [7, 11) is 1.61. The zero-order chi connectivity index (χ0) is 19.2. The maximum Gasteiger partial charge on any atom is 0.412 e. The second-order valence-corrected chi connectivity index (χ2v) is 6.74. The van der Waals surface area contributed by atoms with Crippen molar-refractivity contribution in [3.8, 4) is 5.75 Å². The molecule has 2 aromatic carbocycles. The van der Waals surface area contributed by atoms with Crippen LogP contribution in [0.25, 0.3) is 0 Å². The molecular formula is C20H24N2O4. The predicted molar refractivity (Wildman–Crippen MR) is 100 cm³/mol. The number of nitrogens with one attached hydrogen (secondary N) is 2. The van der Waals surface area contributed by atoms with Crippen LogP contribution in [0, 0.1) is 0 Å². The largest absolute Gasteiger partial charge is 0.497 e. The summed E-state index contributed by atoms with van der Waals surface area (Å²) in [4.78, 5) is 24.2. The van der Waals surface area contributed by atoms with Crippen molar-refractivity contribution in [2.45, 2.75) is 32.9 Å². The van der Waals surface area contributed by atoms with Crippen LogP contribution in [0.15, 0.2) is 48.5 Å². The standard InChI is InChI=1S/C20H24N2O4/c1-20(2,3)26-19(24)22-16-7-5-6-15(12-16)18(23)21-13-14-8-10-17(25-4)11-9-14/h5-12H,13H2,1-4H3,(H,21,23)(H,22,24). The van der Waals surface area contributed by atoms with Gasteiger partial charge < -0.3 is 14.8 Å². The fourth-order valence-electron chi connectivity index (χ4n) is 2.19. The lowest BCUT2D eigenvalue weighted by Crippen LogP contribution is -2.27. The summed E-state index contributed by atoms with van der Waals surface area (Å²) in [6.45, 7) is 5.76. The zero-order valence-electron chi connectivity index (χ0n) is 15.5. The lowest BCUT2D eigenvalue weighted by molar-refractivity contribution is 0.0635. The van der Waals surface area contributed by atoms with Gasteiger partial charge in [-0.25, -0.2) is 4.79 Å². The normalized spacial score (nSPS) is 10.8. The van der Waals surface area contributed by atoms with Crippen LogP contribution in [0.1, 0.15) is 36.7 Å². The number of carbonyl (C=O) groups excluding carboxylic acids is 2. The minimum Gasteiger partial charge on any atom is -0.497 e. The molecule has 0 saturated carbocycles. The predicted octanol–water partition coefficient (Wildman–Crippen LogP) is 3.97. The third kappa shape index (κ3) is 6.12. The van der Waals surface area contributed by atoms with Crippen LogP contribution in [0.4, 0.5) is 10.5 Å². The molecule has 0 fully saturated rings. The molecule has 0 heterocycles. The van der Waals surface area contributed by atoms with Gasteiger partial charge in [-0.3, -0.25) is 10.1 Å². The Morgan fingerprint density at radius 2 is 1.73 bits per heavy atom. The van der Waals surface area contributed by atoms with Gasteiger partial charge in [-0.2, -0.15) is 0 Å². The summed E-state index contributed by atoms with van der Waals surface area (Å²) in [5, 5.41) is 5.47. The third-order valence-electron chi connectivity index (χ3n) is 3.38. The van der Waals surface area contributed by atoms with Gasteiger partial charge in [0.2, 0.25) is 0 Å². The van der Waals surface area contributed by atoms with Crippen molar-refractivity contribution >= 4 is 17.7 Å². The Morgan fingerprint density at radius 1 is 1.04 bits per heavy atom. The molecule has 0 aliphatic carbocycles. The molecule has 0 unspecified atom stereocenters. The summed E-state index contributed by atoms with van der Waals surface area (Å²) in [5.74, 6) is 0.537. The quantitative estimate of drug-likeness (QED) is 0.850. The van der Waals surface area contributed by atoms with E-state index >= 15 is 0 Å². The van der Waals surface area contributed by atoms with E-state index in [2.05, 4.69) is 10.6 Å². The van der Waals surface area contributed by atoms with Gasteiger partial charge in [0, 0.05) is 17.8 Å². The van der Waals surface area contributed by atoms with Crippen molar-refractivity contribution in [2.75, 3.05) is 12.4 Å². The first-order chi connectivity index (χ1) is 12.3. The molecule has 0 radical (unpaired) electrons. The summed E-state index contributed by atoms with van der Waals surface area (Å²) >= 11 is 0. The van der Waals surface area contributed by atoms with Gasteiger partial charge in [-0.1, -0.05) is 18.2 Å². The fraction of sp³-hybridized carbons (Fsp3) is 0.300. The molecule has 0 aliphatic rings. The first-order valence-corrected chi connectivity index (χ1v) is 8.28. The maximum absolute atomic E-state index is 12.3. The van der Waals surface area contributed by atoms with Crippen molar-refractivity contribution in [1.82, 2.24) is 5.32 Å². The van der Waals surface area contributed by atoms with Crippen molar-refractivity contribution < 1.29 is 19.1 Å². The molecule has 2 aromatic rings. The number of rotatable bonds is 5. The van der Waals surface area contributed by atoms with Crippen LogP contribution in [0.5, 0.6) is 5.75 Å². The van der Waals surface area contributed by atoms with Gasteiger partial charge in [0.05, 0.1) is 7.11 Å². The fourth-order valence-corrected chi connectivity index (χ4v) is 2.19. The summed E-state index contributed by atoms with van der Waals surface area (Å²) in [5.41, 5.74) is 1.32. The van der Waals surface area contributed by atoms with Crippen molar-refractivity contribution in [3.05, 3.63) is 59.7 Å². The highest BCUT2D eigenvalue weighted by molar-refractivity contribution is 5.96. The molecule has 6 heteroatoms. The molecule has 26 heavy (non-hydrogen) atoms. The van der Waals surface area contributed by atoms with E-state index in [1.54, 1.807) is 52.1 Å². The van der Waals surface area contributed by atoms with Gasteiger partial charge in [-0.15, -0.1) is 0 Å². The van der Waals surface area contributed by atoms with Crippen LogP contribution in [-0.2, 0) is 11.3 Å². The first-order valence-electron chi connectivity index (χ1n) is 8.28. The monoisotopic (exact) mass is 356 g/mol. The van der Waals surface area contributed by atoms with E-state index in [1.165, 1.54) is 0 Å². The minimum atomic E-state index is -0.586. The molecule has 2 rings (SSSR count). The van der Waals surface area contributed by atoms with Crippen molar-refractivity contribution in [3.63, 3.8) is 0 Å². The summed E-state index contributed by atoms with van der Waals surface area (Å²) in [6, 6.07) is 14.1. The van der Waals surface area contributed by atoms with E-state index in [-0.39, 0.29) is 5.91 Å².